The standard InChI is InChI=1S/C14H11N3O2/c1-9(18)12-7-10(8-15)13(16)17(14(12)19)11-5-3-2-4-6-11/h2-7H,16H2,1H3. The van der Waals surface area contributed by atoms with Crippen molar-refractivity contribution in [2.45, 2.75) is 6.92 Å². The van der Waals surface area contributed by atoms with Crippen LogP contribution in [0.25, 0.3) is 5.69 Å². The molecule has 5 heteroatoms. The second-order valence-electron chi connectivity index (χ2n) is 4.00. The number of nitrogens with zero attached hydrogens (tertiary/aromatic N) is 2. The summed E-state index contributed by atoms with van der Waals surface area (Å²) in [6.45, 7) is 1.28. The third-order valence-corrected chi connectivity index (χ3v) is 2.75. The number of benzene rings is 1. The van der Waals surface area contributed by atoms with E-state index in [0.29, 0.717) is 5.69 Å². The van der Waals surface area contributed by atoms with Gasteiger partial charge in [0.05, 0.1) is 16.8 Å². The molecule has 94 valence electrons. The molecule has 2 aromatic rings. The molecule has 0 bridgehead atoms. The van der Waals surface area contributed by atoms with Gasteiger partial charge < -0.3 is 5.73 Å². The van der Waals surface area contributed by atoms with E-state index in [9.17, 15) is 9.59 Å². The molecular weight excluding hydrogens is 242 g/mol. The number of anilines is 1. The summed E-state index contributed by atoms with van der Waals surface area (Å²) in [6, 6.07) is 11.8. The smallest absolute Gasteiger partial charge is 0.267 e. The summed E-state index contributed by atoms with van der Waals surface area (Å²) in [5.41, 5.74) is 5.88. The molecule has 1 aromatic heterocycles. The summed E-state index contributed by atoms with van der Waals surface area (Å²) in [5, 5.41) is 9.03. The van der Waals surface area contributed by atoms with E-state index in [1.54, 1.807) is 30.3 Å². The third kappa shape index (κ3) is 2.11. The van der Waals surface area contributed by atoms with Gasteiger partial charge in [-0.2, -0.15) is 5.26 Å². The Balaban J connectivity index is 2.88. The molecule has 0 radical (unpaired) electrons. The maximum absolute atomic E-state index is 12.3. The van der Waals surface area contributed by atoms with Crippen LogP contribution in [-0.2, 0) is 0 Å². The van der Waals surface area contributed by atoms with Crippen LogP contribution >= 0.6 is 0 Å². The first kappa shape index (κ1) is 12.6. The molecule has 0 unspecified atom stereocenters. The lowest BCUT2D eigenvalue weighted by atomic mass is 10.1. The van der Waals surface area contributed by atoms with Crippen LogP contribution in [0.3, 0.4) is 0 Å². The summed E-state index contributed by atoms with van der Waals surface area (Å²) in [4.78, 5) is 23.7. The molecule has 0 amide bonds. The van der Waals surface area contributed by atoms with Crippen molar-refractivity contribution in [1.29, 1.82) is 5.26 Å². The predicted octanol–water partition coefficient (Wildman–Crippen LogP) is 1.49. The van der Waals surface area contributed by atoms with E-state index in [0.717, 1.165) is 0 Å². The van der Waals surface area contributed by atoms with Gasteiger partial charge in [-0.1, -0.05) is 18.2 Å². The number of hydrogen-bond donors (Lipinski definition) is 1. The fraction of sp³-hybridized carbons (Fsp3) is 0.0714. The summed E-state index contributed by atoms with van der Waals surface area (Å²) in [6.07, 6.45) is 0. The Morgan fingerprint density at radius 1 is 1.32 bits per heavy atom. The fourth-order valence-corrected chi connectivity index (χ4v) is 1.81. The lowest BCUT2D eigenvalue weighted by Gasteiger charge is -2.12. The zero-order valence-corrected chi connectivity index (χ0v) is 10.3. The van der Waals surface area contributed by atoms with Crippen LogP contribution in [0.2, 0.25) is 0 Å². The molecule has 2 N–H and O–H groups in total. The molecule has 1 aromatic carbocycles. The number of hydrogen-bond acceptors (Lipinski definition) is 4. The van der Waals surface area contributed by atoms with Crippen molar-refractivity contribution in [2.75, 3.05) is 5.73 Å². The van der Waals surface area contributed by atoms with E-state index >= 15 is 0 Å². The van der Waals surface area contributed by atoms with Gasteiger partial charge in [-0.05, 0) is 25.1 Å². The summed E-state index contributed by atoms with van der Waals surface area (Å²) >= 11 is 0. The molecule has 2 rings (SSSR count). The minimum atomic E-state index is -0.518. The Morgan fingerprint density at radius 3 is 2.47 bits per heavy atom. The van der Waals surface area contributed by atoms with Gasteiger partial charge in [0, 0.05) is 0 Å². The monoisotopic (exact) mass is 253 g/mol. The molecule has 0 aliphatic carbocycles. The van der Waals surface area contributed by atoms with E-state index in [-0.39, 0.29) is 16.9 Å². The van der Waals surface area contributed by atoms with Gasteiger partial charge in [-0.3, -0.25) is 14.2 Å². The maximum atomic E-state index is 12.3. The number of nitrogens with two attached hydrogens (primary N) is 1. The number of carbonyl (C=O) groups is 1. The van der Waals surface area contributed by atoms with Gasteiger partial charge in [-0.15, -0.1) is 0 Å². The average molecular weight is 253 g/mol. The maximum Gasteiger partial charge on any atom is 0.267 e. The molecule has 0 saturated carbocycles. The van der Waals surface area contributed by atoms with Crippen LogP contribution in [0.4, 0.5) is 5.82 Å². The zero-order chi connectivity index (χ0) is 14.0. The van der Waals surface area contributed by atoms with Crippen molar-refractivity contribution >= 4 is 11.6 Å². The highest BCUT2D eigenvalue weighted by atomic mass is 16.1. The number of ketones is 1. The fourth-order valence-electron chi connectivity index (χ4n) is 1.81. The van der Waals surface area contributed by atoms with E-state index in [2.05, 4.69) is 0 Å². The number of para-hydroxylation sites is 1. The van der Waals surface area contributed by atoms with Crippen LogP contribution in [0, 0.1) is 11.3 Å². The van der Waals surface area contributed by atoms with Crippen molar-refractivity contribution in [3.63, 3.8) is 0 Å². The number of aromatic nitrogens is 1. The molecule has 0 aliphatic rings. The van der Waals surface area contributed by atoms with Crippen LogP contribution < -0.4 is 11.3 Å². The number of nitriles is 1. The van der Waals surface area contributed by atoms with Gasteiger partial charge >= 0.3 is 0 Å². The summed E-state index contributed by atoms with van der Waals surface area (Å²) < 4.78 is 1.18. The second kappa shape index (κ2) is 4.78. The minimum absolute atomic E-state index is 0.0312. The number of carbonyl (C=O) groups excluding carboxylic acids is 1. The van der Waals surface area contributed by atoms with Crippen molar-refractivity contribution in [3.05, 3.63) is 57.9 Å². The topological polar surface area (TPSA) is 88.9 Å². The van der Waals surface area contributed by atoms with E-state index in [1.165, 1.54) is 17.6 Å². The zero-order valence-electron chi connectivity index (χ0n) is 10.3. The molecular formula is C14H11N3O2. The van der Waals surface area contributed by atoms with Crippen molar-refractivity contribution in [1.82, 2.24) is 4.57 Å². The molecule has 0 saturated heterocycles. The molecule has 0 aliphatic heterocycles. The molecule has 1 heterocycles. The molecule has 5 nitrogen and oxygen atoms in total. The highest BCUT2D eigenvalue weighted by Gasteiger charge is 2.16. The minimum Gasteiger partial charge on any atom is -0.384 e. The van der Waals surface area contributed by atoms with Crippen LogP contribution in [0.5, 0.6) is 0 Å². The first-order valence-corrected chi connectivity index (χ1v) is 5.58. The normalized spacial score (nSPS) is 9.89. The van der Waals surface area contributed by atoms with E-state index in [4.69, 9.17) is 11.0 Å². The predicted molar refractivity (Wildman–Crippen MR) is 71.2 cm³/mol. The van der Waals surface area contributed by atoms with Gasteiger partial charge in [0.25, 0.3) is 5.56 Å². The summed E-state index contributed by atoms with van der Waals surface area (Å²) in [5.74, 6) is -0.366. The second-order valence-corrected chi connectivity index (χ2v) is 4.00. The Labute approximate surface area is 109 Å². The van der Waals surface area contributed by atoms with Crippen molar-refractivity contribution in [2.24, 2.45) is 0 Å². The molecule has 19 heavy (non-hydrogen) atoms. The Hall–Kier alpha value is -2.87. The SMILES string of the molecule is CC(=O)c1cc(C#N)c(N)n(-c2ccccc2)c1=O. The molecule has 0 spiro atoms. The largest absolute Gasteiger partial charge is 0.384 e. The first-order chi connectivity index (χ1) is 9.06. The average Bonchev–Trinajstić information content (AvgIpc) is 2.40. The quantitative estimate of drug-likeness (QED) is 0.821. The van der Waals surface area contributed by atoms with Crippen LogP contribution in [0.15, 0.2) is 41.2 Å². The van der Waals surface area contributed by atoms with Gasteiger partial charge in [0.2, 0.25) is 0 Å². The Morgan fingerprint density at radius 2 is 1.95 bits per heavy atom. The third-order valence-electron chi connectivity index (χ3n) is 2.75. The molecule has 0 atom stereocenters. The number of Topliss-reactive ketones (excluding diaryl/α,β-unsaturated/α-hetero) is 1. The van der Waals surface area contributed by atoms with Crippen LogP contribution in [0.1, 0.15) is 22.8 Å². The number of rotatable bonds is 2. The van der Waals surface area contributed by atoms with Crippen molar-refractivity contribution < 1.29 is 4.79 Å². The lowest BCUT2D eigenvalue weighted by molar-refractivity contribution is 0.101. The highest BCUT2D eigenvalue weighted by Crippen LogP contribution is 2.16. The van der Waals surface area contributed by atoms with E-state index < -0.39 is 11.3 Å². The first-order valence-electron chi connectivity index (χ1n) is 5.58. The Kier molecular flexibility index (Phi) is 3.17. The number of pyridine rings is 1. The van der Waals surface area contributed by atoms with Crippen LogP contribution in [-0.4, -0.2) is 10.4 Å². The summed E-state index contributed by atoms with van der Waals surface area (Å²) in [7, 11) is 0. The highest BCUT2D eigenvalue weighted by molar-refractivity contribution is 5.94. The van der Waals surface area contributed by atoms with Crippen molar-refractivity contribution in [3.8, 4) is 11.8 Å². The van der Waals surface area contributed by atoms with Gasteiger partial charge in [0.1, 0.15) is 11.9 Å². The van der Waals surface area contributed by atoms with Gasteiger partial charge in [-0.25, -0.2) is 0 Å². The van der Waals surface area contributed by atoms with Gasteiger partial charge in [0.15, 0.2) is 5.78 Å². The molecule has 0 fully saturated rings. The number of nitrogen functional groups attached to an aromatic ring is 1. The van der Waals surface area contributed by atoms with E-state index in [1.807, 2.05) is 6.07 Å². The Bertz CT molecular complexity index is 740. The lowest BCUT2D eigenvalue weighted by Crippen LogP contribution is -2.27.